The van der Waals surface area contributed by atoms with Gasteiger partial charge in [-0.05, 0) is 40.5 Å². The van der Waals surface area contributed by atoms with Crippen LogP contribution in [0.4, 0.5) is 0 Å². The summed E-state index contributed by atoms with van der Waals surface area (Å²) in [6.07, 6.45) is 5.43. The number of nitrogens with one attached hydrogen (secondary N) is 1. The van der Waals surface area contributed by atoms with Gasteiger partial charge < -0.3 is 5.32 Å². The molecule has 0 radical (unpaired) electrons. The largest absolute Gasteiger partial charge is 0.346 e. The molecule has 2 rings (SSSR count). The second-order valence-electron chi connectivity index (χ2n) is 4.65. The Morgan fingerprint density at radius 2 is 2.10 bits per heavy atom. The topological polar surface area (TPSA) is 29.1 Å². The molecule has 1 atom stereocenters. The van der Waals surface area contributed by atoms with E-state index >= 15 is 0 Å². The second-order valence-corrected chi connectivity index (χ2v) is 5.43. The van der Waals surface area contributed by atoms with Crippen LogP contribution < -0.4 is 5.32 Å². The summed E-state index contributed by atoms with van der Waals surface area (Å²) >= 11 is 1.63. The van der Waals surface area contributed by atoms with E-state index in [1.54, 1.807) is 17.4 Å². The number of carbonyl (C=O) groups is 1. The highest BCUT2D eigenvalue weighted by Gasteiger charge is 2.11. The summed E-state index contributed by atoms with van der Waals surface area (Å²) in [5, 5.41) is 7.09. The molecule has 1 heterocycles. The summed E-state index contributed by atoms with van der Waals surface area (Å²) in [6.45, 7) is 2.13. The monoisotopic (exact) mass is 285 g/mol. The van der Waals surface area contributed by atoms with Crippen molar-refractivity contribution in [2.24, 2.45) is 0 Å². The molecule has 0 aliphatic carbocycles. The molecule has 1 aromatic heterocycles. The summed E-state index contributed by atoms with van der Waals surface area (Å²) in [7, 11) is 0. The molecule has 3 heteroatoms. The Morgan fingerprint density at radius 3 is 2.75 bits per heavy atom. The third kappa shape index (κ3) is 4.35. The van der Waals surface area contributed by atoms with Crippen molar-refractivity contribution in [3.05, 3.63) is 64.4 Å². The summed E-state index contributed by atoms with van der Waals surface area (Å²) in [6, 6.07) is 12.2. The van der Waals surface area contributed by atoms with Gasteiger partial charge in [0.1, 0.15) is 0 Å². The summed E-state index contributed by atoms with van der Waals surface area (Å²) in [5.41, 5.74) is 2.23. The predicted molar refractivity (Wildman–Crippen MR) is 85.6 cm³/mol. The molecule has 2 nitrogen and oxygen atoms in total. The van der Waals surface area contributed by atoms with Gasteiger partial charge in [-0.15, -0.1) is 0 Å². The third-order valence-electron chi connectivity index (χ3n) is 3.07. The van der Waals surface area contributed by atoms with Crippen molar-refractivity contribution in [3.63, 3.8) is 0 Å². The fourth-order valence-corrected chi connectivity index (χ4v) is 2.69. The Balaban J connectivity index is 1.99. The fourth-order valence-electron chi connectivity index (χ4n) is 2.06. The van der Waals surface area contributed by atoms with Crippen molar-refractivity contribution < 1.29 is 4.79 Å². The first-order chi connectivity index (χ1) is 9.79. The van der Waals surface area contributed by atoms with Crippen LogP contribution in [0.5, 0.6) is 0 Å². The number of hydrogen-bond donors (Lipinski definition) is 1. The van der Waals surface area contributed by atoms with Crippen molar-refractivity contribution in [3.8, 4) is 0 Å². The van der Waals surface area contributed by atoms with Crippen LogP contribution in [0.3, 0.4) is 0 Å². The fraction of sp³-hybridized carbons (Fsp3) is 0.235. The van der Waals surface area contributed by atoms with Crippen LogP contribution in [-0.4, -0.2) is 5.91 Å². The zero-order valence-corrected chi connectivity index (χ0v) is 12.4. The van der Waals surface area contributed by atoms with Gasteiger partial charge in [-0.25, -0.2) is 0 Å². The molecular formula is C17H19NOS. The minimum absolute atomic E-state index is 0.0431. The Hall–Kier alpha value is -1.87. The summed E-state index contributed by atoms with van der Waals surface area (Å²) in [5.74, 6) is -0.0431. The molecule has 1 N–H and O–H groups in total. The van der Waals surface area contributed by atoms with E-state index < -0.39 is 0 Å². The predicted octanol–water partition coefficient (Wildman–Crippen LogP) is 4.42. The second kappa shape index (κ2) is 7.65. The molecular weight excluding hydrogens is 266 g/mol. The first-order valence-electron chi connectivity index (χ1n) is 6.85. The van der Waals surface area contributed by atoms with Crippen LogP contribution in [0, 0.1) is 0 Å². The van der Waals surface area contributed by atoms with Crippen LogP contribution in [0.25, 0.3) is 6.08 Å². The Morgan fingerprint density at radius 1 is 1.30 bits per heavy atom. The zero-order valence-electron chi connectivity index (χ0n) is 11.6. The maximum Gasteiger partial charge on any atom is 0.244 e. The Bertz CT molecular complexity index is 546. The van der Waals surface area contributed by atoms with Gasteiger partial charge in [0.05, 0.1) is 6.04 Å². The van der Waals surface area contributed by atoms with Crippen LogP contribution in [0.1, 0.15) is 36.9 Å². The number of rotatable bonds is 6. The number of hydrogen-bond acceptors (Lipinski definition) is 2. The molecule has 104 valence electrons. The zero-order chi connectivity index (χ0) is 14.2. The average Bonchev–Trinajstić information content (AvgIpc) is 2.99. The van der Waals surface area contributed by atoms with Crippen molar-refractivity contribution in [1.29, 1.82) is 0 Å². The lowest BCUT2D eigenvalue weighted by molar-refractivity contribution is -0.117. The van der Waals surface area contributed by atoms with Crippen LogP contribution >= 0.6 is 11.3 Å². The van der Waals surface area contributed by atoms with Gasteiger partial charge in [-0.2, -0.15) is 11.3 Å². The highest BCUT2D eigenvalue weighted by molar-refractivity contribution is 7.08. The third-order valence-corrected chi connectivity index (χ3v) is 3.77. The molecule has 0 aliphatic heterocycles. The van der Waals surface area contributed by atoms with Crippen molar-refractivity contribution in [2.75, 3.05) is 0 Å². The van der Waals surface area contributed by atoms with Gasteiger partial charge in [-0.1, -0.05) is 43.7 Å². The lowest BCUT2D eigenvalue weighted by atomic mass is 10.0. The molecule has 0 fully saturated rings. The van der Waals surface area contributed by atoms with E-state index in [0.29, 0.717) is 0 Å². The Labute approximate surface area is 124 Å². The normalized spacial score (nSPS) is 12.4. The summed E-state index contributed by atoms with van der Waals surface area (Å²) in [4.78, 5) is 12.0. The molecule has 0 aliphatic rings. The number of amides is 1. The van der Waals surface area contributed by atoms with E-state index in [4.69, 9.17) is 0 Å². The van der Waals surface area contributed by atoms with Crippen LogP contribution in [0.2, 0.25) is 0 Å². The molecule has 0 saturated heterocycles. The van der Waals surface area contributed by atoms with Crippen LogP contribution in [-0.2, 0) is 4.79 Å². The molecule has 20 heavy (non-hydrogen) atoms. The molecule has 2 aromatic rings. The Kier molecular flexibility index (Phi) is 5.56. The molecule has 1 unspecified atom stereocenters. The van der Waals surface area contributed by atoms with Crippen molar-refractivity contribution in [2.45, 2.75) is 25.8 Å². The quantitative estimate of drug-likeness (QED) is 0.782. The molecule has 1 amide bonds. The van der Waals surface area contributed by atoms with E-state index in [1.807, 2.05) is 41.1 Å². The number of carbonyl (C=O) groups excluding carboxylic acids is 1. The van der Waals surface area contributed by atoms with Crippen molar-refractivity contribution in [1.82, 2.24) is 5.32 Å². The van der Waals surface area contributed by atoms with Gasteiger partial charge in [0.2, 0.25) is 5.91 Å². The standard InChI is InChI=1S/C17H19NOS/c1-2-6-16(15-7-4-3-5-8-15)18-17(19)10-9-14-11-12-20-13-14/h3-5,7-13,16H,2,6H2,1H3,(H,18,19)/b10-9+. The maximum absolute atomic E-state index is 12.0. The average molecular weight is 285 g/mol. The highest BCUT2D eigenvalue weighted by atomic mass is 32.1. The van der Waals surface area contributed by atoms with Gasteiger partial charge in [0.25, 0.3) is 0 Å². The molecule has 0 bridgehead atoms. The minimum atomic E-state index is -0.0431. The lowest BCUT2D eigenvalue weighted by Crippen LogP contribution is -2.26. The minimum Gasteiger partial charge on any atom is -0.346 e. The highest BCUT2D eigenvalue weighted by Crippen LogP contribution is 2.18. The maximum atomic E-state index is 12.0. The van der Waals surface area contributed by atoms with E-state index in [0.717, 1.165) is 24.0 Å². The molecule has 0 spiro atoms. The molecule has 0 saturated carbocycles. The van der Waals surface area contributed by atoms with Gasteiger partial charge in [-0.3, -0.25) is 4.79 Å². The van der Waals surface area contributed by atoms with E-state index in [2.05, 4.69) is 24.4 Å². The SMILES string of the molecule is CCCC(NC(=O)/C=C/c1ccsc1)c1ccccc1. The van der Waals surface area contributed by atoms with Gasteiger partial charge in [0.15, 0.2) is 0 Å². The van der Waals surface area contributed by atoms with E-state index in [1.165, 1.54) is 0 Å². The number of benzene rings is 1. The smallest absolute Gasteiger partial charge is 0.244 e. The van der Waals surface area contributed by atoms with Gasteiger partial charge in [0, 0.05) is 6.08 Å². The van der Waals surface area contributed by atoms with E-state index in [-0.39, 0.29) is 11.9 Å². The van der Waals surface area contributed by atoms with Crippen molar-refractivity contribution >= 4 is 23.3 Å². The number of thiophene rings is 1. The lowest BCUT2D eigenvalue weighted by Gasteiger charge is -2.17. The van der Waals surface area contributed by atoms with E-state index in [9.17, 15) is 4.79 Å². The van der Waals surface area contributed by atoms with Gasteiger partial charge >= 0.3 is 0 Å². The first-order valence-corrected chi connectivity index (χ1v) is 7.79. The first kappa shape index (κ1) is 14.5. The summed E-state index contributed by atoms with van der Waals surface area (Å²) < 4.78 is 0. The van der Waals surface area contributed by atoms with Crippen LogP contribution in [0.15, 0.2) is 53.2 Å². The molecule has 1 aromatic carbocycles.